The Morgan fingerprint density at radius 2 is 2.00 bits per heavy atom. The van der Waals surface area contributed by atoms with Crippen LogP contribution in [0.5, 0.6) is 0 Å². The second-order valence-electron chi connectivity index (χ2n) is 8.30. The minimum absolute atomic E-state index is 0.116. The molecule has 2 aliphatic rings. The van der Waals surface area contributed by atoms with E-state index in [1.54, 1.807) is 23.4 Å². The first-order chi connectivity index (χ1) is 15.5. The molecule has 2 N–H and O–H groups in total. The fourth-order valence-corrected chi connectivity index (χ4v) is 4.84. The third-order valence-corrected chi connectivity index (χ3v) is 6.53. The van der Waals surface area contributed by atoms with Crippen LogP contribution >= 0.6 is 11.6 Å². The predicted molar refractivity (Wildman–Crippen MR) is 122 cm³/mol. The van der Waals surface area contributed by atoms with E-state index < -0.39 is 12.3 Å². The van der Waals surface area contributed by atoms with Crippen LogP contribution in [0.15, 0.2) is 53.7 Å². The number of aliphatic hydroxyl groups excluding tert-OH is 2. The van der Waals surface area contributed by atoms with E-state index >= 15 is 0 Å². The number of ether oxygens (including phenoxy) is 1. The molecule has 0 spiro atoms. The molecule has 0 saturated carbocycles. The molecule has 0 bridgehead atoms. The number of hydrogen-bond donors (Lipinski definition) is 2. The van der Waals surface area contributed by atoms with Crippen LogP contribution in [0, 0.1) is 5.21 Å². The van der Waals surface area contributed by atoms with Crippen molar-refractivity contribution >= 4 is 34.4 Å². The van der Waals surface area contributed by atoms with Crippen molar-refractivity contribution in [2.45, 2.75) is 37.6 Å². The van der Waals surface area contributed by atoms with Crippen LogP contribution in [-0.4, -0.2) is 46.8 Å². The molecular weight excluding hydrogens is 430 g/mol. The Kier molecular flexibility index (Phi) is 5.73. The monoisotopic (exact) mass is 453 g/mol. The summed E-state index contributed by atoms with van der Waals surface area (Å²) in [6.45, 7) is 0.842. The van der Waals surface area contributed by atoms with E-state index in [9.17, 15) is 15.4 Å². The molecule has 3 heterocycles. The number of halogens is 1. The first kappa shape index (κ1) is 21.2. The van der Waals surface area contributed by atoms with Crippen molar-refractivity contribution in [3.05, 3.63) is 75.7 Å². The van der Waals surface area contributed by atoms with Crippen molar-refractivity contribution in [1.82, 2.24) is 4.90 Å². The summed E-state index contributed by atoms with van der Waals surface area (Å²) < 4.78 is 6.08. The predicted octanol–water partition coefficient (Wildman–Crippen LogP) is 3.22. The second-order valence-corrected chi connectivity index (χ2v) is 8.68. The van der Waals surface area contributed by atoms with Crippen molar-refractivity contribution < 1.29 is 19.7 Å². The molecule has 3 unspecified atom stereocenters. The quantitative estimate of drug-likeness (QED) is 0.361. The molecular formula is C24H24ClN3O4. The number of pyridine rings is 1. The van der Waals surface area contributed by atoms with Crippen LogP contribution in [-0.2, 0) is 11.2 Å². The first-order valence-electron chi connectivity index (χ1n) is 10.7. The number of benzene rings is 2. The van der Waals surface area contributed by atoms with E-state index in [1.165, 1.54) is 6.20 Å². The molecule has 0 amide bonds. The molecule has 1 aromatic heterocycles. The Bertz CT molecular complexity index is 1190. The highest BCUT2D eigenvalue weighted by Gasteiger charge is 2.34. The van der Waals surface area contributed by atoms with Crippen LogP contribution in [0.2, 0.25) is 5.15 Å². The van der Waals surface area contributed by atoms with Gasteiger partial charge in [0.15, 0.2) is 12.4 Å². The SMILES string of the molecule is [O-][n+]1ccc(Cc2cc3c(c4ccccc24)N=CN(C2CCCOCC2O)C3O)cc1Cl. The van der Waals surface area contributed by atoms with E-state index in [4.69, 9.17) is 21.3 Å². The maximum Gasteiger partial charge on any atom is 0.286 e. The van der Waals surface area contributed by atoms with Gasteiger partial charge in [0, 0.05) is 29.7 Å². The zero-order valence-electron chi connectivity index (χ0n) is 17.4. The molecule has 32 heavy (non-hydrogen) atoms. The van der Waals surface area contributed by atoms with Gasteiger partial charge >= 0.3 is 0 Å². The van der Waals surface area contributed by atoms with E-state index in [1.807, 2.05) is 30.3 Å². The second kappa shape index (κ2) is 8.67. The maximum atomic E-state index is 11.6. The van der Waals surface area contributed by atoms with Crippen LogP contribution in [0.3, 0.4) is 0 Å². The summed E-state index contributed by atoms with van der Waals surface area (Å²) in [4.78, 5) is 6.43. The standard InChI is InChI=1S/C24H24ClN3O4/c25-22-11-15(7-8-28(22)31)10-16-12-19-23(18-5-2-1-4-17(16)18)26-14-27(24(19)30)20-6-3-9-32-13-21(20)29/h1-2,4-5,7-8,11-12,14,20-21,24,29-30H,3,6,9-10,13H2. The van der Waals surface area contributed by atoms with Gasteiger partial charge in [-0.05, 0) is 53.4 Å². The smallest absolute Gasteiger partial charge is 0.286 e. The molecule has 3 aromatic rings. The number of fused-ring (bicyclic) bond motifs is 3. The fourth-order valence-electron chi connectivity index (χ4n) is 4.64. The summed E-state index contributed by atoms with van der Waals surface area (Å²) in [5.74, 6) is 0. The summed E-state index contributed by atoms with van der Waals surface area (Å²) >= 11 is 6.02. The minimum Gasteiger partial charge on any atom is -0.618 e. The number of rotatable bonds is 3. The summed E-state index contributed by atoms with van der Waals surface area (Å²) in [5.41, 5.74) is 3.32. The lowest BCUT2D eigenvalue weighted by molar-refractivity contribution is -0.603. The Morgan fingerprint density at radius 3 is 2.81 bits per heavy atom. The van der Waals surface area contributed by atoms with Gasteiger partial charge in [-0.1, -0.05) is 24.3 Å². The van der Waals surface area contributed by atoms with Gasteiger partial charge in [-0.2, -0.15) is 4.73 Å². The summed E-state index contributed by atoms with van der Waals surface area (Å²) in [6, 6.07) is 13.0. The Morgan fingerprint density at radius 1 is 1.19 bits per heavy atom. The number of hydrogen-bond acceptors (Lipinski definition) is 6. The van der Waals surface area contributed by atoms with Gasteiger partial charge in [-0.3, -0.25) is 0 Å². The minimum atomic E-state index is -0.938. The highest BCUT2D eigenvalue weighted by molar-refractivity contribution is 6.28. The van der Waals surface area contributed by atoms with Gasteiger partial charge in [0.05, 0.1) is 30.8 Å². The largest absolute Gasteiger partial charge is 0.618 e. The lowest BCUT2D eigenvalue weighted by Crippen LogP contribution is -2.46. The lowest BCUT2D eigenvalue weighted by atomic mass is 9.92. The summed E-state index contributed by atoms with van der Waals surface area (Å²) in [7, 11) is 0. The molecule has 7 nitrogen and oxygen atoms in total. The van der Waals surface area contributed by atoms with Crippen molar-refractivity contribution in [2.24, 2.45) is 4.99 Å². The van der Waals surface area contributed by atoms with Gasteiger partial charge < -0.3 is 25.1 Å². The number of aliphatic hydroxyl groups is 2. The number of nitrogens with zero attached hydrogens (tertiary/aromatic N) is 3. The average molecular weight is 454 g/mol. The summed E-state index contributed by atoms with van der Waals surface area (Å²) in [6.07, 6.45) is 3.46. The lowest BCUT2D eigenvalue weighted by Gasteiger charge is -2.38. The normalized spacial score (nSPS) is 23.2. The molecule has 8 heteroatoms. The fraction of sp³-hybridized carbons (Fsp3) is 0.333. The Hall–Kier alpha value is -2.71. The van der Waals surface area contributed by atoms with E-state index in [0.717, 1.165) is 34.0 Å². The van der Waals surface area contributed by atoms with Crippen LogP contribution in [0.4, 0.5) is 5.69 Å². The Labute approximate surface area is 190 Å². The van der Waals surface area contributed by atoms with Gasteiger partial charge in [-0.15, -0.1) is 0 Å². The van der Waals surface area contributed by atoms with E-state index in [-0.39, 0.29) is 17.8 Å². The average Bonchev–Trinajstić information content (AvgIpc) is 3.01. The molecule has 2 aliphatic heterocycles. The molecule has 166 valence electrons. The highest BCUT2D eigenvalue weighted by atomic mass is 35.5. The summed E-state index contributed by atoms with van der Waals surface area (Å²) in [5, 5.41) is 35.6. The van der Waals surface area contributed by atoms with Gasteiger partial charge in [0.1, 0.15) is 0 Å². The topological polar surface area (TPSA) is 92.2 Å². The zero-order valence-corrected chi connectivity index (χ0v) is 18.2. The number of aliphatic imine (C=N–C) groups is 1. The van der Waals surface area contributed by atoms with Gasteiger partial charge in [0.25, 0.3) is 5.15 Å². The van der Waals surface area contributed by atoms with E-state index in [2.05, 4.69) is 0 Å². The van der Waals surface area contributed by atoms with Crippen LogP contribution < -0.4 is 4.73 Å². The van der Waals surface area contributed by atoms with Crippen molar-refractivity contribution in [1.29, 1.82) is 0 Å². The molecule has 0 aliphatic carbocycles. The van der Waals surface area contributed by atoms with Crippen LogP contribution in [0.25, 0.3) is 10.8 Å². The Balaban J connectivity index is 1.57. The van der Waals surface area contributed by atoms with Crippen molar-refractivity contribution in [3.63, 3.8) is 0 Å². The highest BCUT2D eigenvalue weighted by Crippen LogP contribution is 2.41. The zero-order chi connectivity index (χ0) is 22.2. The first-order valence-corrected chi connectivity index (χ1v) is 11.1. The van der Waals surface area contributed by atoms with Gasteiger partial charge in [0.2, 0.25) is 0 Å². The molecule has 2 aromatic carbocycles. The third-order valence-electron chi connectivity index (χ3n) is 6.25. The number of aromatic nitrogens is 1. The van der Waals surface area contributed by atoms with Crippen LogP contribution in [0.1, 0.15) is 35.8 Å². The molecule has 3 atom stereocenters. The maximum absolute atomic E-state index is 11.6. The molecule has 1 saturated heterocycles. The van der Waals surface area contributed by atoms with Crippen molar-refractivity contribution in [3.8, 4) is 0 Å². The third kappa shape index (κ3) is 3.82. The van der Waals surface area contributed by atoms with Crippen molar-refractivity contribution in [2.75, 3.05) is 13.2 Å². The van der Waals surface area contributed by atoms with Gasteiger partial charge in [-0.25, -0.2) is 4.99 Å². The molecule has 5 rings (SSSR count). The molecule has 0 radical (unpaired) electrons. The molecule has 1 fully saturated rings. The van der Waals surface area contributed by atoms with E-state index in [0.29, 0.717) is 29.7 Å².